The zero-order valence-electron chi connectivity index (χ0n) is 14.6. The molecule has 1 saturated heterocycles. The van der Waals surface area contributed by atoms with Gasteiger partial charge in [-0.3, -0.25) is 4.79 Å². The predicted octanol–water partition coefficient (Wildman–Crippen LogP) is -1.71. The van der Waals surface area contributed by atoms with Gasteiger partial charge in [0.1, 0.15) is 24.4 Å². The van der Waals surface area contributed by atoms with Crippen LogP contribution in [0.1, 0.15) is 6.92 Å². The number of aliphatic hydroxyl groups excluding tert-OH is 3. The van der Waals surface area contributed by atoms with Gasteiger partial charge in [-0.1, -0.05) is 5.11 Å². The molecule has 0 bridgehead atoms. The van der Waals surface area contributed by atoms with Crippen molar-refractivity contribution >= 4 is 5.91 Å². The van der Waals surface area contributed by atoms with E-state index >= 15 is 0 Å². The van der Waals surface area contributed by atoms with Crippen LogP contribution >= 0.6 is 0 Å². The van der Waals surface area contributed by atoms with Gasteiger partial charge in [-0.2, -0.15) is 0 Å². The van der Waals surface area contributed by atoms with Crippen molar-refractivity contribution in [3.05, 3.63) is 10.4 Å². The molecule has 12 heteroatoms. The highest BCUT2D eigenvalue weighted by atomic mass is 16.7. The average Bonchev–Trinajstić information content (AvgIpc) is 2.62. The second-order valence-electron chi connectivity index (χ2n) is 5.48. The molecule has 0 aliphatic carbocycles. The van der Waals surface area contributed by atoms with Gasteiger partial charge in [-0.05, 0) is 5.53 Å². The Balaban J connectivity index is 2.30. The minimum Gasteiger partial charge on any atom is -0.394 e. The molecule has 4 N–H and O–H groups in total. The lowest BCUT2D eigenvalue weighted by molar-refractivity contribution is -0.272. The summed E-state index contributed by atoms with van der Waals surface area (Å²) in [7, 11) is 0. The van der Waals surface area contributed by atoms with E-state index in [2.05, 4.69) is 15.3 Å². The van der Waals surface area contributed by atoms with Crippen LogP contribution in [0.4, 0.5) is 0 Å². The van der Waals surface area contributed by atoms with Crippen molar-refractivity contribution in [2.75, 3.05) is 46.2 Å². The van der Waals surface area contributed by atoms with Crippen LogP contribution < -0.4 is 5.32 Å². The fraction of sp³-hybridized carbons (Fsp3) is 0.929. The lowest BCUT2D eigenvalue weighted by Gasteiger charge is -2.42. The number of hydrogen-bond donors (Lipinski definition) is 4. The van der Waals surface area contributed by atoms with E-state index < -0.39 is 43.2 Å². The van der Waals surface area contributed by atoms with E-state index in [1.165, 1.54) is 6.92 Å². The Kier molecular flexibility index (Phi) is 11.1. The van der Waals surface area contributed by atoms with E-state index in [4.69, 9.17) is 24.5 Å². The molecule has 0 unspecified atom stereocenters. The number of hydrogen-bond acceptors (Lipinski definition) is 9. The summed E-state index contributed by atoms with van der Waals surface area (Å²) < 4.78 is 21.3. The molecule has 0 aromatic rings. The number of ether oxygens (including phenoxy) is 4. The van der Waals surface area contributed by atoms with E-state index in [0.717, 1.165) is 0 Å². The van der Waals surface area contributed by atoms with Crippen molar-refractivity contribution in [2.45, 2.75) is 37.6 Å². The minimum atomic E-state index is -1.35. The fourth-order valence-electron chi connectivity index (χ4n) is 2.31. The number of rotatable bonds is 12. The van der Waals surface area contributed by atoms with Crippen molar-refractivity contribution < 1.29 is 39.1 Å². The van der Waals surface area contributed by atoms with Crippen LogP contribution in [0.25, 0.3) is 10.4 Å². The summed E-state index contributed by atoms with van der Waals surface area (Å²) in [6, 6.07) is -0.977. The topological polar surface area (TPSA) is 175 Å². The first kappa shape index (κ1) is 22.5. The van der Waals surface area contributed by atoms with Crippen LogP contribution in [0.3, 0.4) is 0 Å². The summed E-state index contributed by atoms with van der Waals surface area (Å²) in [5, 5.41) is 35.0. The highest BCUT2D eigenvalue weighted by Gasteiger charge is 2.45. The molecule has 12 nitrogen and oxygen atoms in total. The maximum absolute atomic E-state index is 11.3. The van der Waals surface area contributed by atoms with Crippen LogP contribution in [-0.2, 0) is 23.7 Å². The van der Waals surface area contributed by atoms with E-state index in [0.29, 0.717) is 19.8 Å². The summed E-state index contributed by atoms with van der Waals surface area (Å²) in [5.74, 6) is -0.421. The van der Waals surface area contributed by atoms with Crippen LogP contribution in [0.5, 0.6) is 0 Å². The Morgan fingerprint density at radius 3 is 2.46 bits per heavy atom. The molecule has 0 spiro atoms. The second kappa shape index (κ2) is 12.8. The first-order valence-corrected chi connectivity index (χ1v) is 8.18. The predicted molar refractivity (Wildman–Crippen MR) is 87.0 cm³/mol. The number of carbonyl (C=O) groups is 1. The molecule has 0 aromatic heterocycles. The number of nitrogens with zero attached hydrogens (tertiary/aromatic N) is 3. The Bertz CT molecular complexity index is 462. The zero-order valence-corrected chi connectivity index (χ0v) is 14.6. The lowest BCUT2D eigenvalue weighted by Crippen LogP contribution is -2.64. The Morgan fingerprint density at radius 2 is 1.85 bits per heavy atom. The molecule has 1 aliphatic rings. The Labute approximate surface area is 150 Å². The SMILES string of the molecule is CC(=O)N[C@@H]1[C@H](OCCOCCOCCN=[N+]=[N-])O[C@H](CO)[C@@H](O)[C@H]1O. The van der Waals surface area contributed by atoms with Crippen molar-refractivity contribution in [2.24, 2.45) is 5.11 Å². The molecule has 1 fully saturated rings. The third-order valence-corrected chi connectivity index (χ3v) is 3.53. The van der Waals surface area contributed by atoms with E-state index in [9.17, 15) is 20.1 Å². The monoisotopic (exact) mass is 378 g/mol. The second-order valence-corrected chi connectivity index (χ2v) is 5.48. The van der Waals surface area contributed by atoms with Crippen molar-refractivity contribution in [3.63, 3.8) is 0 Å². The first-order chi connectivity index (χ1) is 12.5. The molecule has 1 amide bonds. The fourth-order valence-corrected chi connectivity index (χ4v) is 2.31. The Hall–Kier alpha value is -1.50. The van der Waals surface area contributed by atoms with Gasteiger partial charge in [-0.15, -0.1) is 0 Å². The quantitative estimate of drug-likeness (QED) is 0.134. The van der Waals surface area contributed by atoms with E-state index in [1.807, 2.05) is 0 Å². The maximum Gasteiger partial charge on any atom is 0.217 e. The minimum absolute atomic E-state index is 0.0977. The molecular formula is C14H26N4O8. The molecule has 0 aromatic carbocycles. The standard InChI is InChI=1S/C14H26N4O8/c1-9(20)17-11-13(22)12(21)10(8-19)26-14(11)25-7-6-24-5-4-23-3-2-16-18-15/h10-14,19,21-22H,2-8H2,1H3,(H,17,20)/t10-,11+,12-,13+,14-/m1/s1. The number of amides is 1. The number of azide groups is 1. The normalized spacial score (nSPS) is 28.4. The van der Waals surface area contributed by atoms with E-state index in [-0.39, 0.29) is 19.8 Å². The van der Waals surface area contributed by atoms with Crippen molar-refractivity contribution in [1.82, 2.24) is 5.32 Å². The van der Waals surface area contributed by atoms with Gasteiger partial charge in [0, 0.05) is 18.4 Å². The molecule has 150 valence electrons. The zero-order chi connectivity index (χ0) is 19.4. The summed E-state index contributed by atoms with van der Waals surface area (Å²) >= 11 is 0. The average molecular weight is 378 g/mol. The number of nitrogens with one attached hydrogen (secondary N) is 1. The molecule has 26 heavy (non-hydrogen) atoms. The van der Waals surface area contributed by atoms with Crippen molar-refractivity contribution in [1.29, 1.82) is 0 Å². The van der Waals surface area contributed by atoms with Gasteiger partial charge >= 0.3 is 0 Å². The summed E-state index contributed by atoms with van der Waals surface area (Å²) in [4.78, 5) is 13.9. The van der Waals surface area contributed by atoms with Gasteiger partial charge in [0.2, 0.25) is 5.91 Å². The molecule has 5 atom stereocenters. The van der Waals surface area contributed by atoms with Crippen LogP contribution in [0.15, 0.2) is 5.11 Å². The maximum atomic E-state index is 11.3. The largest absolute Gasteiger partial charge is 0.394 e. The number of carbonyl (C=O) groups excluding carboxylic acids is 1. The van der Waals surface area contributed by atoms with Crippen LogP contribution in [0, 0.1) is 0 Å². The highest BCUT2D eigenvalue weighted by molar-refractivity contribution is 5.73. The third-order valence-electron chi connectivity index (χ3n) is 3.53. The van der Waals surface area contributed by atoms with E-state index in [1.54, 1.807) is 0 Å². The van der Waals surface area contributed by atoms with Gasteiger partial charge in [0.15, 0.2) is 6.29 Å². The highest BCUT2D eigenvalue weighted by Crippen LogP contribution is 2.22. The van der Waals surface area contributed by atoms with Gasteiger partial charge in [0.25, 0.3) is 0 Å². The molecular weight excluding hydrogens is 352 g/mol. The number of aliphatic hydroxyl groups is 3. The molecule has 1 aliphatic heterocycles. The van der Waals surface area contributed by atoms with Crippen LogP contribution in [-0.4, -0.2) is 98.1 Å². The summed E-state index contributed by atoms with van der Waals surface area (Å²) in [6.07, 6.45) is -4.76. The van der Waals surface area contributed by atoms with Gasteiger partial charge in [0.05, 0.1) is 39.6 Å². The molecule has 1 heterocycles. The smallest absolute Gasteiger partial charge is 0.217 e. The molecule has 0 saturated carbocycles. The summed E-state index contributed by atoms with van der Waals surface area (Å²) in [6.45, 7) is 2.25. The Morgan fingerprint density at radius 1 is 1.19 bits per heavy atom. The first-order valence-electron chi connectivity index (χ1n) is 8.18. The van der Waals surface area contributed by atoms with Gasteiger partial charge < -0.3 is 39.6 Å². The van der Waals surface area contributed by atoms with Crippen molar-refractivity contribution in [3.8, 4) is 0 Å². The molecule has 1 rings (SSSR count). The lowest BCUT2D eigenvalue weighted by atomic mass is 9.97. The van der Waals surface area contributed by atoms with Gasteiger partial charge in [-0.25, -0.2) is 0 Å². The third kappa shape index (κ3) is 7.81. The summed E-state index contributed by atoms with van der Waals surface area (Å²) in [5.41, 5.74) is 8.09. The molecule has 0 radical (unpaired) electrons. The van der Waals surface area contributed by atoms with Crippen LogP contribution in [0.2, 0.25) is 0 Å².